The van der Waals surface area contributed by atoms with E-state index in [1.54, 1.807) is 6.08 Å². The molecular formula is C8H12ClNaO2. The summed E-state index contributed by atoms with van der Waals surface area (Å²) in [6.45, 7) is 1.92. The van der Waals surface area contributed by atoms with Gasteiger partial charge >= 0.3 is 29.6 Å². The number of unbranched alkanes of at least 4 members (excludes halogenated alkanes) is 1. The van der Waals surface area contributed by atoms with Crippen LogP contribution in [0.4, 0.5) is 0 Å². The summed E-state index contributed by atoms with van der Waals surface area (Å²) in [5, 5.41) is 10.0. The molecule has 0 amide bonds. The van der Waals surface area contributed by atoms with Crippen LogP contribution in [0.3, 0.4) is 0 Å². The molecule has 1 atom stereocenters. The fourth-order valence-corrected chi connectivity index (χ4v) is 0.851. The van der Waals surface area contributed by atoms with E-state index < -0.39 is 5.97 Å². The first-order valence-corrected chi connectivity index (χ1v) is 4.08. The smallest absolute Gasteiger partial charge is 0.545 e. The van der Waals surface area contributed by atoms with E-state index in [-0.39, 0.29) is 34.9 Å². The monoisotopic (exact) mass is 198 g/mol. The van der Waals surface area contributed by atoms with Crippen molar-refractivity contribution in [3.8, 4) is 0 Å². The van der Waals surface area contributed by atoms with Gasteiger partial charge in [0.1, 0.15) is 0 Å². The van der Waals surface area contributed by atoms with E-state index >= 15 is 0 Å². The van der Waals surface area contributed by atoms with Crippen LogP contribution in [-0.2, 0) is 4.79 Å². The van der Waals surface area contributed by atoms with Crippen molar-refractivity contribution in [2.75, 3.05) is 0 Å². The molecule has 0 N–H and O–H groups in total. The SMILES string of the molecule is CC(Cl)CCC/C=C/C(=O)[O-].[Na+]. The van der Waals surface area contributed by atoms with E-state index in [0.717, 1.165) is 25.3 Å². The topological polar surface area (TPSA) is 40.1 Å². The average molecular weight is 199 g/mol. The van der Waals surface area contributed by atoms with Crippen molar-refractivity contribution in [2.24, 2.45) is 0 Å². The van der Waals surface area contributed by atoms with Crippen molar-refractivity contribution in [1.82, 2.24) is 0 Å². The maximum Gasteiger partial charge on any atom is 1.00 e. The Balaban J connectivity index is 0. The number of carbonyl (C=O) groups is 1. The summed E-state index contributed by atoms with van der Waals surface area (Å²) in [5.74, 6) is -1.14. The van der Waals surface area contributed by atoms with Gasteiger partial charge in [0.25, 0.3) is 0 Å². The Kier molecular flexibility index (Phi) is 12.0. The van der Waals surface area contributed by atoms with Gasteiger partial charge in [0.15, 0.2) is 0 Å². The van der Waals surface area contributed by atoms with Crippen molar-refractivity contribution < 1.29 is 39.5 Å². The summed E-state index contributed by atoms with van der Waals surface area (Å²) in [5.41, 5.74) is 0. The Hall–Kier alpha value is 0.500. The fourth-order valence-electron chi connectivity index (χ4n) is 0.697. The second-order valence-corrected chi connectivity index (χ2v) is 3.18. The molecule has 64 valence electrons. The largest absolute Gasteiger partial charge is 1.00 e. The Morgan fingerprint density at radius 3 is 2.67 bits per heavy atom. The van der Waals surface area contributed by atoms with Crippen molar-refractivity contribution in [3.63, 3.8) is 0 Å². The number of carbonyl (C=O) groups excluding carboxylic acids is 1. The molecule has 0 heterocycles. The maximum atomic E-state index is 9.87. The number of carboxylic acid groups (broad SMARTS) is 1. The Bertz CT molecular complexity index is 146. The molecule has 1 unspecified atom stereocenters. The van der Waals surface area contributed by atoms with Crippen molar-refractivity contribution >= 4 is 17.6 Å². The molecule has 0 aliphatic heterocycles. The molecule has 0 saturated carbocycles. The van der Waals surface area contributed by atoms with Crippen LogP contribution in [0.15, 0.2) is 12.2 Å². The zero-order valence-electron chi connectivity index (χ0n) is 7.55. The van der Waals surface area contributed by atoms with E-state index in [0.29, 0.717) is 0 Å². The molecule has 12 heavy (non-hydrogen) atoms. The maximum absolute atomic E-state index is 9.87. The number of aliphatic carboxylic acids is 1. The van der Waals surface area contributed by atoms with Gasteiger partial charge in [-0.1, -0.05) is 6.08 Å². The fraction of sp³-hybridized carbons (Fsp3) is 0.625. The number of rotatable bonds is 5. The van der Waals surface area contributed by atoms with Gasteiger partial charge in [0.05, 0.1) is 5.97 Å². The molecule has 0 aromatic carbocycles. The van der Waals surface area contributed by atoms with Gasteiger partial charge in [-0.3, -0.25) is 0 Å². The normalized spacial score (nSPS) is 12.5. The number of allylic oxidation sites excluding steroid dienone is 1. The molecule has 4 heteroatoms. The Labute approximate surface area is 100 Å². The average Bonchev–Trinajstić information content (AvgIpc) is 1.85. The standard InChI is InChI=1S/C8H13ClO2.Na/c1-7(9)5-3-2-4-6-8(10)11;/h4,6-7H,2-3,5H2,1H3,(H,10,11);/q;+1/p-1/b6-4+;. The molecule has 0 aliphatic carbocycles. The Morgan fingerprint density at radius 2 is 2.25 bits per heavy atom. The first-order valence-electron chi connectivity index (χ1n) is 3.64. The zero-order valence-corrected chi connectivity index (χ0v) is 10.3. The van der Waals surface area contributed by atoms with Gasteiger partial charge in [-0.15, -0.1) is 11.6 Å². The van der Waals surface area contributed by atoms with Gasteiger partial charge in [-0.25, -0.2) is 0 Å². The van der Waals surface area contributed by atoms with Crippen LogP contribution in [0.25, 0.3) is 0 Å². The van der Waals surface area contributed by atoms with Crippen LogP contribution in [0.5, 0.6) is 0 Å². The van der Waals surface area contributed by atoms with Gasteiger partial charge < -0.3 is 9.90 Å². The predicted octanol–water partition coefficient (Wildman–Crippen LogP) is -1.91. The van der Waals surface area contributed by atoms with Crippen molar-refractivity contribution in [2.45, 2.75) is 31.6 Å². The van der Waals surface area contributed by atoms with Crippen LogP contribution in [0, 0.1) is 0 Å². The van der Waals surface area contributed by atoms with Gasteiger partial charge in [0, 0.05) is 5.38 Å². The molecular weight excluding hydrogens is 187 g/mol. The van der Waals surface area contributed by atoms with Crippen LogP contribution >= 0.6 is 11.6 Å². The van der Waals surface area contributed by atoms with Crippen molar-refractivity contribution in [1.29, 1.82) is 0 Å². The zero-order chi connectivity index (χ0) is 8.69. The number of hydrogen-bond donors (Lipinski definition) is 0. The minimum Gasteiger partial charge on any atom is -0.545 e. The molecule has 0 aliphatic rings. The first kappa shape index (κ1) is 15.0. The number of halogens is 1. The molecule has 0 fully saturated rings. The number of carboxylic acids is 1. The molecule has 0 radical (unpaired) electrons. The molecule has 0 rings (SSSR count). The van der Waals surface area contributed by atoms with Gasteiger partial charge in [0.2, 0.25) is 0 Å². The molecule has 0 spiro atoms. The minimum absolute atomic E-state index is 0. The van der Waals surface area contributed by atoms with E-state index in [9.17, 15) is 9.90 Å². The summed E-state index contributed by atoms with van der Waals surface area (Å²) in [4.78, 5) is 9.87. The quantitative estimate of drug-likeness (QED) is 0.224. The second kappa shape index (κ2) is 9.59. The van der Waals surface area contributed by atoms with E-state index in [2.05, 4.69) is 0 Å². The summed E-state index contributed by atoms with van der Waals surface area (Å²) in [7, 11) is 0. The van der Waals surface area contributed by atoms with Crippen molar-refractivity contribution in [3.05, 3.63) is 12.2 Å². The summed E-state index contributed by atoms with van der Waals surface area (Å²) >= 11 is 5.67. The van der Waals surface area contributed by atoms with Crippen LogP contribution in [-0.4, -0.2) is 11.3 Å². The second-order valence-electron chi connectivity index (χ2n) is 2.43. The number of hydrogen-bond acceptors (Lipinski definition) is 2. The van der Waals surface area contributed by atoms with Crippen LogP contribution in [0.2, 0.25) is 0 Å². The Morgan fingerprint density at radius 1 is 1.67 bits per heavy atom. The third-order valence-electron chi connectivity index (χ3n) is 1.23. The molecule has 2 nitrogen and oxygen atoms in total. The van der Waals surface area contributed by atoms with E-state index in [1.807, 2.05) is 6.92 Å². The summed E-state index contributed by atoms with van der Waals surface area (Å²) in [6.07, 6.45) is 5.24. The van der Waals surface area contributed by atoms with Crippen LogP contribution in [0.1, 0.15) is 26.2 Å². The third-order valence-corrected chi connectivity index (χ3v) is 1.44. The van der Waals surface area contributed by atoms with Crippen LogP contribution < -0.4 is 34.7 Å². The predicted molar refractivity (Wildman–Crippen MR) is 43.3 cm³/mol. The molecule has 0 aromatic rings. The molecule has 0 saturated heterocycles. The van der Waals surface area contributed by atoms with E-state index in [1.165, 1.54) is 0 Å². The van der Waals surface area contributed by atoms with E-state index in [4.69, 9.17) is 11.6 Å². The summed E-state index contributed by atoms with van der Waals surface area (Å²) < 4.78 is 0. The first-order chi connectivity index (χ1) is 5.13. The van der Waals surface area contributed by atoms with Gasteiger partial charge in [-0.05, 0) is 32.3 Å². The molecule has 0 aromatic heterocycles. The number of alkyl halides is 1. The summed E-state index contributed by atoms with van der Waals surface area (Å²) in [6, 6.07) is 0. The minimum atomic E-state index is -1.14. The molecule has 0 bridgehead atoms. The third kappa shape index (κ3) is 13.1. The van der Waals surface area contributed by atoms with Gasteiger partial charge in [-0.2, -0.15) is 0 Å².